The van der Waals surface area contributed by atoms with Crippen molar-refractivity contribution in [3.05, 3.63) is 77.0 Å². The zero-order valence-electron chi connectivity index (χ0n) is 20.2. The molecule has 1 fully saturated rings. The zero-order valence-corrected chi connectivity index (χ0v) is 20.2. The molecule has 1 aromatic heterocycles. The molecule has 0 unspecified atom stereocenters. The van der Waals surface area contributed by atoms with Crippen molar-refractivity contribution in [3.63, 3.8) is 0 Å². The molecule has 5 heteroatoms. The molecule has 5 rings (SSSR count). The number of nitrogens with zero attached hydrogens (tertiary/aromatic N) is 1. The Labute approximate surface area is 201 Å². The van der Waals surface area contributed by atoms with Gasteiger partial charge in [-0.2, -0.15) is 0 Å². The Morgan fingerprint density at radius 2 is 1.79 bits per heavy atom. The zero-order chi connectivity index (χ0) is 23.9. The normalized spacial score (nSPS) is 16.0. The summed E-state index contributed by atoms with van der Waals surface area (Å²) in [6.45, 7) is 7.81. The Hall–Kier alpha value is -3.34. The summed E-state index contributed by atoms with van der Waals surface area (Å²) in [5.41, 5.74) is 4.59. The van der Waals surface area contributed by atoms with E-state index in [2.05, 4.69) is 26.1 Å². The van der Waals surface area contributed by atoms with Crippen LogP contribution in [0.3, 0.4) is 0 Å². The van der Waals surface area contributed by atoms with Crippen molar-refractivity contribution >= 4 is 17.5 Å². The van der Waals surface area contributed by atoms with Gasteiger partial charge in [-0.05, 0) is 54.2 Å². The number of hydrogen-bond donors (Lipinski definition) is 1. The first kappa shape index (κ1) is 22.5. The lowest BCUT2D eigenvalue weighted by atomic mass is 9.84. The molecule has 5 nitrogen and oxygen atoms in total. The second kappa shape index (κ2) is 8.79. The standard InChI is InChI=1S/C29H32N2O3/c1-29(2,3)23-12-10-19(11-13-23)27(32)30-24-9-5-8-21(16-24)26-17-22-18-31(15-14-25(22)34-26)28(33)20-6-4-7-20/h5,8-13,16-17,20H,4,6-7,14-15,18H2,1-3H3,(H,30,32). The molecule has 1 aliphatic heterocycles. The lowest BCUT2D eigenvalue weighted by Crippen LogP contribution is -2.41. The van der Waals surface area contributed by atoms with Crippen LogP contribution < -0.4 is 5.32 Å². The van der Waals surface area contributed by atoms with E-state index in [-0.39, 0.29) is 17.2 Å². The van der Waals surface area contributed by atoms with Gasteiger partial charge < -0.3 is 14.6 Å². The van der Waals surface area contributed by atoms with E-state index in [1.54, 1.807) is 0 Å². The second-order valence-corrected chi connectivity index (χ2v) is 10.6. The Bertz CT molecular complexity index is 1210. The van der Waals surface area contributed by atoms with E-state index in [0.29, 0.717) is 18.0 Å². The minimum atomic E-state index is -0.138. The Kier molecular flexibility index (Phi) is 5.80. The van der Waals surface area contributed by atoms with E-state index in [1.165, 1.54) is 12.0 Å². The molecule has 3 aromatic rings. The largest absolute Gasteiger partial charge is 0.461 e. The fourth-order valence-electron chi connectivity index (χ4n) is 4.65. The molecule has 0 radical (unpaired) electrons. The molecule has 176 valence electrons. The van der Waals surface area contributed by atoms with Gasteiger partial charge in [-0.1, -0.05) is 51.5 Å². The molecule has 2 amide bonds. The van der Waals surface area contributed by atoms with Crippen LogP contribution in [0.25, 0.3) is 11.3 Å². The first-order valence-electron chi connectivity index (χ1n) is 12.2. The van der Waals surface area contributed by atoms with Crippen molar-refractivity contribution < 1.29 is 14.0 Å². The van der Waals surface area contributed by atoms with Crippen LogP contribution in [-0.4, -0.2) is 23.3 Å². The van der Waals surface area contributed by atoms with Crippen LogP contribution in [0.1, 0.15) is 67.3 Å². The number of benzene rings is 2. The molecule has 1 saturated carbocycles. The van der Waals surface area contributed by atoms with Crippen LogP contribution in [-0.2, 0) is 23.2 Å². The minimum Gasteiger partial charge on any atom is -0.461 e. The van der Waals surface area contributed by atoms with Crippen LogP contribution in [0.4, 0.5) is 5.69 Å². The molecule has 1 aliphatic carbocycles. The summed E-state index contributed by atoms with van der Waals surface area (Å²) in [6, 6.07) is 17.5. The maximum atomic E-state index is 12.8. The van der Waals surface area contributed by atoms with Gasteiger partial charge in [0.2, 0.25) is 5.91 Å². The van der Waals surface area contributed by atoms with Crippen LogP contribution in [0.2, 0.25) is 0 Å². The number of carbonyl (C=O) groups excluding carboxylic acids is 2. The average molecular weight is 457 g/mol. The predicted octanol–water partition coefficient (Wildman–Crippen LogP) is 6.18. The number of furan rings is 1. The molecule has 1 N–H and O–H groups in total. The third kappa shape index (κ3) is 4.52. The first-order valence-corrected chi connectivity index (χ1v) is 12.2. The molecule has 0 bridgehead atoms. The summed E-state index contributed by atoms with van der Waals surface area (Å²) in [7, 11) is 0. The minimum absolute atomic E-state index is 0.0487. The first-order chi connectivity index (χ1) is 16.3. The maximum absolute atomic E-state index is 12.8. The Morgan fingerprint density at radius 1 is 1.03 bits per heavy atom. The Morgan fingerprint density at radius 3 is 2.47 bits per heavy atom. The Balaban J connectivity index is 1.29. The molecule has 2 aliphatic rings. The quantitative estimate of drug-likeness (QED) is 0.510. The van der Waals surface area contributed by atoms with Gasteiger partial charge in [0.25, 0.3) is 5.91 Å². The SMILES string of the molecule is CC(C)(C)c1ccc(C(=O)Nc2cccc(-c3cc4c(o3)CCN(C(=O)C3CCC3)C4)c2)cc1. The molecule has 0 atom stereocenters. The predicted molar refractivity (Wildman–Crippen MR) is 134 cm³/mol. The molecular formula is C29H32N2O3. The highest BCUT2D eigenvalue weighted by Crippen LogP contribution is 2.34. The van der Waals surface area contributed by atoms with Crippen LogP contribution >= 0.6 is 0 Å². The molecule has 2 heterocycles. The van der Waals surface area contributed by atoms with Crippen molar-refractivity contribution in [2.45, 2.75) is 58.4 Å². The highest BCUT2D eigenvalue weighted by atomic mass is 16.3. The van der Waals surface area contributed by atoms with Gasteiger partial charge in [0.15, 0.2) is 0 Å². The van der Waals surface area contributed by atoms with Gasteiger partial charge in [0.1, 0.15) is 11.5 Å². The van der Waals surface area contributed by atoms with E-state index in [1.807, 2.05) is 59.5 Å². The number of rotatable bonds is 4. The number of nitrogens with one attached hydrogen (secondary N) is 1. The van der Waals surface area contributed by atoms with Gasteiger partial charge in [0, 0.05) is 47.8 Å². The van der Waals surface area contributed by atoms with Crippen LogP contribution in [0.5, 0.6) is 0 Å². The number of amides is 2. The fourth-order valence-corrected chi connectivity index (χ4v) is 4.65. The number of hydrogen-bond acceptors (Lipinski definition) is 3. The van der Waals surface area contributed by atoms with Gasteiger partial charge in [-0.15, -0.1) is 0 Å². The smallest absolute Gasteiger partial charge is 0.255 e. The van der Waals surface area contributed by atoms with E-state index in [9.17, 15) is 9.59 Å². The third-order valence-corrected chi connectivity index (χ3v) is 7.05. The maximum Gasteiger partial charge on any atom is 0.255 e. The summed E-state index contributed by atoms with van der Waals surface area (Å²) in [5, 5.41) is 3.00. The third-order valence-electron chi connectivity index (χ3n) is 7.05. The lowest BCUT2D eigenvalue weighted by Gasteiger charge is -2.33. The van der Waals surface area contributed by atoms with Crippen molar-refractivity contribution in [3.8, 4) is 11.3 Å². The summed E-state index contributed by atoms with van der Waals surface area (Å²) in [6.07, 6.45) is 3.96. The van der Waals surface area contributed by atoms with E-state index < -0.39 is 0 Å². The molecule has 2 aromatic carbocycles. The highest BCUT2D eigenvalue weighted by molar-refractivity contribution is 6.04. The van der Waals surface area contributed by atoms with Gasteiger partial charge >= 0.3 is 0 Å². The molecule has 0 spiro atoms. The van der Waals surface area contributed by atoms with E-state index in [0.717, 1.165) is 54.1 Å². The summed E-state index contributed by atoms with van der Waals surface area (Å²) < 4.78 is 6.16. The number of anilines is 1. The summed E-state index contributed by atoms with van der Waals surface area (Å²) in [4.78, 5) is 27.4. The van der Waals surface area contributed by atoms with Crippen LogP contribution in [0.15, 0.2) is 59.0 Å². The highest BCUT2D eigenvalue weighted by Gasteiger charge is 2.32. The molecule has 0 saturated heterocycles. The van der Waals surface area contributed by atoms with Crippen molar-refractivity contribution in [1.29, 1.82) is 0 Å². The fraction of sp³-hybridized carbons (Fsp3) is 0.379. The summed E-state index contributed by atoms with van der Waals surface area (Å²) >= 11 is 0. The molecular weight excluding hydrogens is 424 g/mol. The monoisotopic (exact) mass is 456 g/mol. The number of carbonyl (C=O) groups is 2. The van der Waals surface area contributed by atoms with E-state index in [4.69, 9.17) is 4.42 Å². The van der Waals surface area contributed by atoms with Gasteiger partial charge in [-0.25, -0.2) is 0 Å². The summed E-state index contributed by atoms with van der Waals surface area (Å²) in [5.74, 6) is 2.11. The number of fused-ring (bicyclic) bond motifs is 1. The van der Waals surface area contributed by atoms with Gasteiger partial charge in [0.05, 0.1) is 0 Å². The van der Waals surface area contributed by atoms with Crippen molar-refractivity contribution in [2.24, 2.45) is 5.92 Å². The molecule has 34 heavy (non-hydrogen) atoms. The average Bonchev–Trinajstić information content (AvgIpc) is 3.21. The van der Waals surface area contributed by atoms with Crippen molar-refractivity contribution in [2.75, 3.05) is 11.9 Å². The topological polar surface area (TPSA) is 62.6 Å². The second-order valence-electron chi connectivity index (χ2n) is 10.6. The van der Waals surface area contributed by atoms with Crippen molar-refractivity contribution in [1.82, 2.24) is 4.90 Å². The lowest BCUT2D eigenvalue weighted by molar-refractivity contribution is -0.139. The van der Waals surface area contributed by atoms with E-state index >= 15 is 0 Å². The van der Waals surface area contributed by atoms with Crippen LogP contribution in [0, 0.1) is 5.92 Å². The van der Waals surface area contributed by atoms with Gasteiger partial charge in [-0.3, -0.25) is 9.59 Å².